The predicted octanol–water partition coefficient (Wildman–Crippen LogP) is 6.37. The van der Waals surface area contributed by atoms with E-state index in [2.05, 4.69) is 43.3 Å². The third-order valence-corrected chi connectivity index (χ3v) is 7.03. The standard InChI is InChI=1S/C24H24BrCl2N5O2S/c1-5-8-32-22(15(4)28-23(34)18-7-6-17(26)11-19(18)27)30-31-24(32)35-12-20(33)29-21-13(2)9-16(25)10-14(21)3/h5-7,9-11,15H,1,8,12H2,2-4H3,(H,28,34)(H,29,33)/t15-/m1/s1. The van der Waals surface area contributed by atoms with Crippen LogP contribution in [0.1, 0.15) is 40.3 Å². The summed E-state index contributed by atoms with van der Waals surface area (Å²) >= 11 is 16.8. The molecule has 0 aliphatic carbocycles. The van der Waals surface area contributed by atoms with Gasteiger partial charge in [-0.05, 0) is 62.2 Å². The number of hydrogen-bond acceptors (Lipinski definition) is 5. The van der Waals surface area contributed by atoms with Crippen LogP contribution in [0.5, 0.6) is 0 Å². The Balaban J connectivity index is 1.70. The maximum Gasteiger partial charge on any atom is 0.253 e. The molecule has 11 heteroatoms. The third kappa shape index (κ3) is 6.88. The van der Waals surface area contributed by atoms with Crippen LogP contribution < -0.4 is 10.6 Å². The molecule has 0 aliphatic rings. The fraction of sp³-hybridized carbons (Fsp3) is 0.250. The summed E-state index contributed by atoms with van der Waals surface area (Å²) in [5.41, 5.74) is 3.04. The number of anilines is 1. The van der Waals surface area contributed by atoms with E-state index < -0.39 is 6.04 Å². The number of allylic oxidation sites excluding steroid dienone is 1. The smallest absolute Gasteiger partial charge is 0.253 e. The number of rotatable bonds is 9. The van der Waals surface area contributed by atoms with Crippen LogP contribution in [0.2, 0.25) is 10.0 Å². The van der Waals surface area contributed by atoms with Crippen molar-refractivity contribution >= 4 is 68.4 Å². The molecule has 0 spiro atoms. The summed E-state index contributed by atoms with van der Waals surface area (Å²) in [6, 6.07) is 8.11. The molecule has 0 bridgehead atoms. The van der Waals surface area contributed by atoms with Gasteiger partial charge in [0.05, 0.1) is 22.4 Å². The zero-order chi connectivity index (χ0) is 25.7. The molecule has 0 saturated heterocycles. The third-order valence-electron chi connectivity index (χ3n) is 5.06. The Morgan fingerprint density at radius 3 is 2.51 bits per heavy atom. The molecule has 1 heterocycles. The molecule has 3 aromatic rings. The first-order chi connectivity index (χ1) is 16.6. The molecule has 0 saturated carbocycles. The van der Waals surface area contributed by atoms with Crippen molar-refractivity contribution in [2.45, 2.75) is 38.5 Å². The van der Waals surface area contributed by atoms with E-state index in [1.807, 2.05) is 30.5 Å². The highest BCUT2D eigenvalue weighted by molar-refractivity contribution is 9.10. The van der Waals surface area contributed by atoms with Gasteiger partial charge in [0.2, 0.25) is 5.91 Å². The van der Waals surface area contributed by atoms with E-state index >= 15 is 0 Å². The van der Waals surface area contributed by atoms with Crippen molar-refractivity contribution in [1.29, 1.82) is 0 Å². The molecular weight excluding hydrogens is 573 g/mol. The molecule has 0 radical (unpaired) electrons. The van der Waals surface area contributed by atoms with Crippen molar-refractivity contribution in [2.24, 2.45) is 0 Å². The number of hydrogen-bond donors (Lipinski definition) is 2. The number of thioether (sulfide) groups is 1. The van der Waals surface area contributed by atoms with E-state index in [0.29, 0.717) is 28.1 Å². The summed E-state index contributed by atoms with van der Waals surface area (Å²) < 4.78 is 2.78. The largest absolute Gasteiger partial charge is 0.342 e. The van der Waals surface area contributed by atoms with Crippen LogP contribution in [0.4, 0.5) is 5.69 Å². The summed E-state index contributed by atoms with van der Waals surface area (Å²) in [5, 5.41) is 15.6. The summed E-state index contributed by atoms with van der Waals surface area (Å²) in [7, 11) is 0. The van der Waals surface area contributed by atoms with Gasteiger partial charge < -0.3 is 15.2 Å². The second-order valence-corrected chi connectivity index (χ2v) is 10.5. The van der Waals surface area contributed by atoms with Crippen molar-refractivity contribution in [3.05, 3.63) is 80.0 Å². The number of carbonyl (C=O) groups excluding carboxylic acids is 2. The number of amides is 2. The Bertz CT molecular complexity index is 1260. The van der Waals surface area contributed by atoms with Gasteiger partial charge in [-0.15, -0.1) is 16.8 Å². The molecule has 2 amide bonds. The summed E-state index contributed by atoms with van der Waals surface area (Å²) in [6.07, 6.45) is 1.70. The van der Waals surface area contributed by atoms with Gasteiger partial charge in [-0.3, -0.25) is 9.59 Å². The van der Waals surface area contributed by atoms with E-state index in [-0.39, 0.29) is 22.6 Å². The molecule has 7 nitrogen and oxygen atoms in total. The Labute approximate surface area is 226 Å². The molecule has 2 N–H and O–H groups in total. The van der Waals surface area contributed by atoms with Crippen molar-refractivity contribution < 1.29 is 9.59 Å². The van der Waals surface area contributed by atoms with Crippen LogP contribution in [0.15, 0.2) is 52.6 Å². The maximum atomic E-state index is 12.7. The number of nitrogens with one attached hydrogen (secondary N) is 2. The van der Waals surface area contributed by atoms with Crippen molar-refractivity contribution in [3.8, 4) is 0 Å². The van der Waals surface area contributed by atoms with Crippen molar-refractivity contribution in [3.63, 3.8) is 0 Å². The van der Waals surface area contributed by atoms with Gasteiger partial charge in [-0.1, -0.05) is 57.0 Å². The Hall–Kier alpha value is -2.33. The van der Waals surface area contributed by atoms with E-state index in [9.17, 15) is 9.59 Å². The van der Waals surface area contributed by atoms with Crippen LogP contribution in [-0.4, -0.2) is 32.3 Å². The molecular formula is C24H24BrCl2N5O2S. The maximum absolute atomic E-state index is 12.7. The Morgan fingerprint density at radius 1 is 1.20 bits per heavy atom. The summed E-state index contributed by atoms with van der Waals surface area (Å²) in [4.78, 5) is 25.4. The molecule has 1 aromatic heterocycles. The van der Waals surface area contributed by atoms with Gasteiger partial charge in [-0.2, -0.15) is 0 Å². The Morgan fingerprint density at radius 2 is 1.89 bits per heavy atom. The normalized spacial score (nSPS) is 11.7. The fourth-order valence-corrected chi connectivity index (χ4v) is 5.39. The Kier molecular flexibility index (Phi) is 9.40. The molecule has 35 heavy (non-hydrogen) atoms. The van der Waals surface area contributed by atoms with Crippen LogP contribution in [0, 0.1) is 13.8 Å². The van der Waals surface area contributed by atoms with Gasteiger partial charge in [0.25, 0.3) is 5.91 Å². The predicted molar refractivity (Wildman–Crippen MR) is 146 cm³/mol. The highest BCUT2D eigenvalue weighted by atomic mass is 79.9. The number of nitrogens with zero attached hydrogens (tertiary/aromatic N) is 3. The first-order valence-electron chi connectivity index (χ1n) is 10.6. The lowest BCUT2D eigenvalue weighted by molar-refractivity contribution is -0.113. The highest BCUT2D eigenvalue weighted by Gasteiger charge is 2.21. The minimum absolute atomic E-state index is 0.144. The second kappa shape index (κ2) is 12.1. The molecule has 3 rings (SSSR count). The highest BCUT2D eigenvalue weighted by Crippen LogP contribution is 2.27. The molecule has 184 valence electrons. The van der Waals surface area contributed by atoms with Crippen LogP contribution in [0.25, 0.3) is 0 Å². The first kappa shape index (κ1) is 27.3. The van der Waals surface area contributed by atoms with E-state index in [1.165, 1.54) is 17.8 Å². The number of carbonyl (C=O) groups is 2. The topological polar surface area (TPSA) is 88.9 Å². The lowest BCUT2D eigenvalue weighted by atomic mass is 10.1. The minimum atomic E-state index is -0.474. The van der Waals surface area contributed by atoms with Gasteiger partial charge in [-0.25, -0.2) is 0 Å². The van der Waals surface area contributed by atoms with Gasteiger partial charge in [0.1, 0.15) is 0 Å². The van der Waals surface area contributed by atoms with Crippen molar-refractivity contribution in [1.82, 2.24) is 20.1 Å². The zero-order valence-corrected chi connectivity index (χ0v) is 23.3. The number of benzene rings is 2. The number of aryl methyl sites for hydroxylation is 2. The van der Waals surface area contributed by atoms with Crippen molar-refractivity contribution in [2.75, 3.05) is 11.1 Å². The summed E-state index contributed by atoms with van der Waals surface area (Å²) in [6.45, 7) is 9.90. The van der Waals surface area contributed by atoms with Crippen LogP contribution in [0.3, 0.4) is 0 Å². The fourth-order valence-electron chi connectivity index (χ4n) is 3.45. The minimum Gasteiger partial charge on any atom is -0.342 e. The first-order valence-corrected chi connectivity index (χ1v) is 13.1. The van der Waals surface area contributed by atoms with E-state index in [1.54, 1.807) is 25.1 Å². The van der Waals surface area contributed by atoms with Gasteiger partial charge >= 0.3 is 0 Å². The van der Waals surface area contributed by atoms with Crippen LogP contribution >= 0.6 is 50.9 Å². The number of aromatic nitrogens is 3. The van der Waals surface area contributed by atoms with E-state index in [4.69, 9.17) is 23.2 Å². The second-order valence-electron chi connectivity index (χ2n) is 7.81. The SMILES string of the molecule is C=CCn1c(SCC(=O)Nc2c(C)cc(Br)cc2C)nnc1[C@@H](C)NC(=O)c1ccc(Cl)cc1Cl. The average molecular weight is 597 g/mol. The molecule has 1 atom stereocenters. The van der Waals surface area contributed by atoms with Gasteiger partial charge in [0.15, 0.2) is 11.0 Å². The molecule has 2 aromatic carbocycles. The van der Waals surface area contributed by atoms with Gasteiger partial charge in [0, 0.05) is 21.7 Å². The molecule has 0 fully saturated rings. The lowest BCUT2D eigenvalue weighted by Gasteiger charge is -2.16. The average Bonchev–Trinajstić information content (AvgIpc) is 3.17. The monoisotopic (exact) mass is 595 g/mol. The van der Waals surface area contributed by atoms with Crippen LogP contribution in [-0.2, 0) is 11.3 Å². The number of halogens is 3. The molecule has 0 unspecified atom stereocenters. The summed E-state index contributed by atoms with van der Waals surface area (Å²) in [5.74, 6) is 0.162. The van der Waals surface area contributed by atoms with E-state index in [0.717, 1.165) is 21.3 Å². The lowest BCUT2D eigenvalue weighted by Crippen LogP contribution is -2.29. The zero-order valence-electron chi connectivity index (χ0n) is 19.4. The quantitative estimate of drug-likeness (QED) is 0.221. The molecule has 0 aliphatic heterocycles.